The summed E-state index contributed by atoms with van der Waals surface area (Å²) in [6, 6.07) is 4.05. The number of hydrogen-bond acceptors (Lipinski definition) is 2. The van der Waals surface area contributed by atoms with Gasteiger partial charge in [0.15, 0.2) is 0 Å². The van der Waals surface area contributed by atoms with Gasteiger partial charge in [-0.25, -0.2) is 4.98 Å². The van der Waals surface area contributed by atoms with Crippen molar-refractivity contribution in [1.29, 1.82) is 0 Å². The molecule has 2 aromatic rings. The molecule has 0 aromatic carbocycles. The van der Waals surface area contributed by atoms with Gasteiger partial charge < -0.3 is 9.88 Å². The minimum Gasteiger partial charge on any atom is -0.355 e. The number of carbonyl (C=O) groups excluding carboxylic acids is 1. The molecule has 0 aliphatic heterocycles. The second kappa shape index (κ2) is 5.65. The van der Waals surface area contributed by atoms with Crippen LogP contribution in [0.5, 0.6) is 0 Å². The quantitative estimate of drug-likeness (QED) is 0.931. The zero-order valence-electron chi connectivity index (χ0n) is 12.7. The fourth-order valence-electron chi connectivity index (χ4n) is 2.21. The molecule has 0 bridgehead atoms. The summed E-state index contributed by atoms with van der Waals surface area (Å²) in [6.45, 7) is 9.45. The maximum atomic E-state index is 11.9. The van der Waals surface area contributed by atoms with Crippen LogP contribution in [0, 0.1) is 5.41 Å². The molecule has 0 unspecified atom stereocenters. The Labute approximate surface area is 120 Å². The van der Waals surface area contributed by atoms with Gasteiger partial charge >= 0.3 is 0 Å². The fraction of sp³-hybridized carbons (Fsp3) is 0.500. The van der Waals surface area contributed by atoms with Gasteiger partial charge in [-0.3, -0.25) is 4.79 Å². The SMILES string of the molecule is CCn1cc(CCNC(=O)C(C)(C)C)c2cccnc21. The number of nitrogens with one attached hydrogen (secondary N) is 1. The summed E-state index contributed by atoms with van der Waals surface area (Å²) in [5.41, 5.74) is 1.93. The first kappa shape index (κ1) is 14.6. The van der Waals surface area contributed by atoms with Crippen LogP contribution < -0.4 is 5.32 Å². The van der Waals surface area contributed by atoms with E-state index < -0.39 is 0 Å². The standard InChI is InChI=1S/C16H23N3O/c1-5-19-11-12(13-7-6-9-17-14(13)19)8-10-18-15(20)16(2,3)4/h6-7,9,11H,5,8,10H2,1-4H3,(H,18,20). The van der Waals surface area contributed by atoms with Crippen molar-refractivity contribution in [2.24, 2.45) is 5.41 Å². The number of pyridine rings is 1. The highest BCUT2D eigenvalue weighted by atomic mass is 16.2. The molecule has 2 rings (SSSR count). The van der Waals surface area contributed by atoms with Crippen molar-refractivity contribution >= 4 is 16.9 Å². The van der Waals surface area contributed by atoms with Gasteiger partial charge in [-0.2, -0.15) is 0 Å². The van der Waals surface area contributed by atoms with Crippen LogP contribution in [0.1, 0.15) is 33.3 Å². The monoisotopic (exact) mass is 273 g/mol. The Bertz CT molecular complexity index is 608. The highest BCUT2D eigenvalue weighted by Gasteiger charge is 2.20. The van der Waals surface area contributed by atoms with Gasteiger partial charge in [-0.15, -0.1) is 0 Å². The van der Waals surface area contributed by atoms with Crippen LogP contribution in [-0.4, -0.2) is 22.0 Å². The number of amides is 1. The van der Waals surface area contributed by atoms with Crippen molar-refractivity contribution in [1.82, 2.24) is 14.9 Å². The average molecular weight is 273 g/mol. The summed E-state index contributed by atoms with van der Waals surface area (Å²) in [7, 11) is 0. The lowest BCUT2D eigenvalue weighted by Crippen LogP contribution is -2.35. The molecule has 0 aliphatic carbocycles. The van der Waals surface area contributed by atoms with Crippen LogP contribution in [0.2, 0.25) is 0 Å². The van der Waals surface area contributed by atoms with E-state index in [1.54, 1.807) is 0 Å². The van der Waals surface area contributed by atoms with Crippen LogP contribution in [0.3, 0.4) is 0 Å². The Morgan fingerprint density at radius 3 is 2.80 bits per heavy atom. The number of hydrogen-bond donors (Lipinski definition) is 1. The zero-order chi connectivity index (χ0) is 14.8. The fourth-order valence-corrected chi connectivity index (χ4v) is 2.21. The van der Waals surface area contributed by atoms with E-state index in [0.29, 0.717) is 6.54 Å². The number of aromatic nitrogens is 2. The number of rotatable bonds is 4. The van der Waals surface area contributed by atoms with Crippen LogP contribution in [-0.2, 0) is 17.8 Å². The molecule has 4 nitrogen and oxygen atoms in total. The molecule has 0 aliphatic rings. The molecule has 0 atom stereocenters. The summed E-state index contributed by atoms with van der Waals surface area (Å²) in [5, 5.41) is 4.17. The van der Waals surface area contributed by atoms with Crippen molar-refractivity contribution in [3.63, 3.8) is 0 Å². The number of fused-ring (bicyclic) bond motifs is 1. The van der Waals surface area contributed by atoms with Gasteiger partial charge in [0.05, 0.1) is 0 Å². The first-order valence-corrected chi connectivity index (χ1v) is 7.14. The van der Waals surface area contributed by atoms with E-state index in [0.717, 1.165) is 18.6 Å². The van der Waals surface area contributed by atoms with Gasteiger partial charge in [0.2, 0.25) is 5.91 Å². The maximum absolute atomic E-state index is 11.9. The Balaban J connectivity index is 2.09. The molecule has 108 valence electrons. The van der Waals surface area contributed by atoms with Crippen LogP contribution in [0.4, 0.5) is 0 Å². The van der Waals surface area contributed by atoms with Crippen LogP contribution >= 0.6 is 0 Å². The third kappa shape index (κ3) is 3.00. The van der Waals surface area contributed by atoms with E-state index in [4.69, 9.17) is 0 Å². The molecule has 20 heavy (non-hydrogen) atoms. The molecule has 0 radical (unpaired) electrons. The van der Waals surface area contributed by atoms with Crippen LogP contribution in [0.25, 0.3) is 11.0 Å². The molecule has 2 heterocycles. The lowest BCUT2D eigenvalue weighted by Gasteiger charge is -2.17. The van der Waals surface area contributed by atoms with Crippen molar-refractivity contribution in [2.75, 3.05) is 6.54 Å². The van der Waals surface area contributed by atoms with Crippen molar-refractivity contribution in [3.8, 4) is 0 Å². The van der Waals surface area contributed by atoms with E-state index in [1.807, 2.05) is 33.0 Å². The Kier molecular flexibility index (Phi) is 4.12. The maximum Gasteiger partial charge on any atom is 0.225 e. The number of carbonyl (C=O) groups is 1. The molecule has 0 fully saturated rings. The molecule has 0 spiro atoms. The van der Waals surface area contributed by atoms with Crippen molar-refractivity contribution < 1.29 is 4.79 Å². The third-order valence-electron chi connectivity index (χ3n) is 3.42. The highest BCUT2D eigenvalue weighted by molar-refractivity contribution is 5.82. The van der Waals surface area contributed by atoms with E-state index in [-0.39, 0.29) is 11.3 Å². The second-order valence-electron chi connectivity index (χ2n) is 6.07. The Morgan fingerprint density at radius 2 is 2.15 bits per heavy atom. The molecular weight excluding hydrogens is 250 g/mol. The Morgan fingerprint density at radius 1 is 1.40 bits per heavy atom. The van der Waals surface area contributed by atoms with Crippen molar-refractivity contribution in [3.05, 3.63) is 30.1 Å². The second-order valence-corrected chi connectivity index (χ2v) is 6.07. The van der Waals surface area contributed by atoms with E-state index in [2.05, 4.69) is 34.1 Å². The minimum atomic E-state index is -0.334. The zero-order valence-corrected chi connectivity index (χ0v) is 12.7. The summed E-state index contributed by atoms with van der Waals surface area (Å²) in [4.78, 5) is 16.3. The first-order valence-electron chi connectivity index (χ1n) is 7.14. The largest absolute Gasteiger partial charge is 0.355 e. The highest BCUT2D eigenvalue weighted by Crippen LogP contribution is 2.19. The summed E-state index contributed by atoms with van der Waals surface area (Å²) in [5.74, 6) is 0.0925. The van der Waals surface area contributed by atoms with Gasteiger partial charge in [0, 0.05) is 36.3 Å². The smallest absolute Gasteiger partial charge is 0.225 e. The molecule has 0 saturated heterocycles. The summed E-state index contributed by atoms with van der Waals surface area (Å²) < 4.78 is 2.15. The van der Waals surface area contributed by atoms with Crippen LogP contribution in [0.15, 0.2) is 24.5 Å². The molecule has 1 N–H and O–H groups in total. The lowest BCUT2D eigenvalue weighted by atomic mass is 9.95. The molecule has 2 aromatic heterocycles. The van der Waals surface area contributed by atoms with Gasteiger partial charge in [0.1, 0.15) is 5.65 Å². The average Bonchev–Trinajstić information content (AvgIpc) is 2.76. The Hall–Kier alpha value is -1.84. The number of nitrogens with zero attached hydrogens (tertiary/aromatic N) is 2. The van der Waals surface area contributed by atoms with Crippen molar-refractivity contribution in [2.45, 2.75) is 40.7 Å². The molecular formula is C16H23N3O. The van der Waals surface area contributed by atoms with Gasteiger partial charge in [0.25, 0.3) is 0 Å². The molecule has 4 heteroatoms. The minimum absolute atomic E-state index is 0.0925. The number of aryl methyl sites for hydroxylation is 1. The third-order valence-corrected chi connectivity index (χ3v) is 3.42. The predicted octanol–water partition coefficient (Wildman–Crippen LogP) is 2.76. The lowest BCUT2D eigenvalue weighted by molar-refractivity contribution is -0.128. The molecule has 1 amide bonds. The first-order chi connectivity index (χ1) is 9.43. The summed E-state index contributed by atoms with van der Waals surface area (Å²) >= 11 is 0. The van der Waals surface area contributed by atoms with E-state index in [1.165, 1.54) is 10.9 Å². The summed E-state index contributed by atoms with van der Waals surface area (Å²) in [6.07, 6.45) is 4.79. The normalized spacial score (nSPS) is 11.8. The predicted molar refractivity (Wildman–Crippen MR) is 81.6 cm³/mol. The topological polar surface area (TPSA) is 46.9 Å². The van der Waals surface area contributed by atoms with E-state index >= 15 is 0 Å². The van der Waals surface area contributed by atoms with E-state index in [9.17, 15) is 4.79 Å². The molecule has 0 saturated carbocycles. The van der Waals surface area contributed by atoms with Gasteiger partial charge in [-0.1, -0.05) is 20.8 Å². The van der Waals surface area contributed by atoms with Gasteiger partial charge in [-0.05, 0) is 31.0 Å².